The van der Waals surface area contributed by atoms with E-state index in [4.69, 9.17) is 9.47 Å². The van der Waals surface area contributed by atoms with Crippen molar-refractivity contribution in [3.8, 4) is 5.75 Å². The van der Waals surface area contributed by atoms with Crippen LogP contribution in [0.25, 0.3) is 0 Å². The van der Waals surface area contributed by atoms with Crippen LogP contribution in [0.4, 0.5) is 0 Å². The summed E-state index contributed by atoms with van der Waals surface area (Å²) >= 11 is -2.26. The molecule has 0 spiro atoms. The van der Waals surface area contributed by atoms with Crippen LogP contribution in [0, 0.1) is 0 Å². The molecule has 0 radical (unpaired) electrons. The Labute approximate surface area is 138 Å². The fourth-order valence-electron chi connectivity index (χ4n) is 2.88. The predicted molar refractivity (Wildman–Crippen MR) is 95.4 cm³/mol. The summed E-state index contributed by atoms with van der Waals surface area (Å²) in [5.41, 5.74) is 2.74. The molecule has 2 rings (SSSR count). The standard InChI is InChI=1S/C16H17O2.3CH3.Sn/c1-17-11-12-18-16-10-6-5-9-15(16)13-14-7-3-2-4-8-14;;;;/h2-10,13H,11-12H2,1H3;3*1H3;. The van der Waals surface area contributed by atoms with E-state index in [-0.39, 0.29) is 0 Å². The summed E-state index contributed by atoms with van der Waals surface area (Å²) in [6, 6.07) is 19.3. The second-order valence-electron chi connectivity index (χ2n) is 6.59. The zero-order valence-electron chi connectivity index (χ0n) is 14.0. The van der Waals surface area contributed by atoms with Crippen LogP contribution in [0.5, 0.6) is 5.75 Å². The molecule has 0 aliphatic rings. The molecular weight excluding hydrogens is 379 g/mol. The van der Waals surface area contributed by atoms with Crippen molar-refractivity contribution < 1.29 is 9.47 Å². The topological polar surface area (TPSA) is 18.5 Å². The van der Waals surface area contributed by atoms with Crippen molar-refractivity contribution in [3.63, 3.8) is 0 Å². The van der Waals surface area contributed by atoms with Gasteiger partial charge < -0.3 is 0 Å². The fourth-order valence-corrected chi connectivity index (χ4v) is 9.62. The fraction of sp³-hybridized carbons (Fsp3) is 0.368. The Balaban J connectivity index is 2.40. The molecule has 0 saturated heterocycles. The third kappa shape index (κ3) is 4.50. The minimum absolute atomic E-state index is 0.495. The molecule has 0 amide bonds. The van der Waals surface area contributed by atoms with Crippen molar-refractivity contribution >= 4 is 18.4 Å². The van der Waals surface area contributed by atoms with Crippen molar-refractivity contribution in [1.82, 2.24) is 0 Å². The van der Waals surface area contributed by atoms with E-state index in [0.29, 0.717) is 17.1 Å². The molecule has 0 N–H and O–H groups in total. The number of hydrogen-bond acceptors (Lipinski definition) is 2. The van der Waals surface area contributed by atoms with E-state index in [1.54, 1.807) is 7.11 Å². The van der Waals surface area contributed by atoms with Gasteiger partial charge in [-0.15, -0.1) is 0 Å². The summed E-state index contributed by atoms with van der Waals surface area (Å²) in [6.45, 7) is 1.21. The maximum atomic E-state index is 5.98. The van der Waals surface area contributed by atoms with Crippen LogP contribution in [0.15, 0.2) is 54.6 Å². The van der Waals surface area contributed by atoms with E-state index in [1.807, 2.05) is 6.07 Å². The van der Waals surface area contributed by atoms with Gasteiger partial charge in [0.15, 0.2) is 0 Å². The third-order valence-electron chi connectivity index (χ3n) is 3.77. The molecule has 0 fully saturated rings. The van der Waals surface area contributed by atoms with Crippen LogP contribution in [0.1, 0.15) is 15.1 Å². The average molecular weight is 405 g/mol. The first-order valence-electron chi connectivity index (χ1n) is 7.79. The van der Waals surface area contributed by atoms with Crippen LogP contribution >= 0.6 is 0 Å². The average Bonchev–Trinajstić information content (AvgIpc) is 2.49. The third-order valence-corrected chi connectivity index (χ3v) is 10.6. The Morgan fingerprint density at radius 2 is 1.50 bits per heavy atom. The van der Waals surface area contributed by atoms with E-state index in [9.17, 15) is 0 Å². The van der Waals surface area contributed by atoms with Gasteiger partial charge in [0.2, 0.25) is 0 Å². The van der Waals surface area contributed by atoms with Gasteiger partial charge in [-0.3, -0.25) is 0 Å². The Bertz CT molecular complexity index is 575. The van der Waals surface area contributed by atoms with Crippen molar-refractivity contribution in [2.75, 3.05) is 20.3 Å². The van der Waals surface area contributed by atoms with Crippen LogP contribution < -0.4 is 4.74 Å². The number of methoxy groups -OCH3 is 1. The maximum absolute atomic E-state index is 5.98. The number of para-hydroxylation sites is 1. The van der Waals surface area contributed by atoms with Gasteiger partial charge in [-0.05, 0) is 0 Å². The monoisotopic (exact) mass is 406 g/mol. The van der Waals surface area contributed by atoms with Crippen LogP contribution in [-0.4, -0.2) is 38.7 Å². The molecule has 0 saturated carbocycles. The first-order chi connectivity index (χ1) is 10.5. The van der Waals surface area contributed by atoms with E-state index in [1.165, 1.54) is 11.1 Å². The van der Waals surface area contributed by atoms with Crippen LogP contribution in [0.2, 0.25) is 14.8 Å². The molecule has 1 unspecified atom stereocenters. The SMILES string of the molecule is COCCOc1ccccc1[CH](c1ccccc1)[Sn]([CH3])([CH3])[CH3]. The quantitative estimate of drug-likeness (QED) is 0.491. The summed E-state index contributed by atoms with van der Waals surface area (Å²) in [5, 5.41) is 0. The van der Waals surface area contributed by atoms with Gasteiger partial charge in [0.1, 0.15) is 0 Å². The molecule has 22 heavy (non-hydrogen) atoms. The predicted octanol–water partition coefficient (Wildman–Crippen LogP) is 4.72. The molecule has 0 aliphatic carbocycles. The van der Waals surface area contributed by atoms with Crippen molar-refractivity contribution in [2.24, 2.45) is 0 Å². The number of rotatable bonds is 7. The molecule has 2 aromatic rings. The number of benzene rings is 2. The van der Waals surface area contributed by atoms with Crippen molar-refractivity contribution in [1.29, 1.82) is 0 Å². The Morgan fingerprint density at radius 3 is 2.14 bits per heavy atom. The second-order valence-corrected chi connectivity index (χ2v) is 21.7. The molecule has 2 nitrogen and oxygen atoms in total. The number of hydrogen-bond donors (Lipinski definition) is 0. The molecule has 0 aliphatic heterocycles. The molecule has 3 heteroatoms. The normalized spacial score (nSPS) is 12.9. The molecule has 2 aromatic carbocycles. The van der Waals surface area contributed by atoms with Gasteiger partial charge in [-0.25, -0.2) is 0 Å². The zero-order valence-corrected chi connectivity index (χ0v) is 16.9. The van der Waals surface area contributed by atoms with Gasteiger partial charge >= 0.3 is 138 Å². The zero-order chi connectivity index (χ0) is 16.0. The molecule has 0 bridgehead atoms. The summed E-state index contributed by atoms with van der Waals surface area (Å²) in [4.78, 5) is 7.45. The van der Waals surface area contributed by atoms with Gasteiger partial charge in [0, 0.05) is 0 Å². The van der Waals surface area contributed by atoms with E-state index < -0.39 is 18.4 Å². The summed E-state index contributed by atoms with van der Waals surface area (Å²) in [5.74, 6) is 1.00. The molecule has 1 atom stereocenters. The first-order valence-corrected chi connectivity index (χ1v) is 18.0. The second kappa shape index (κ2) is 8.02. The van der Waals surface area contributed by atoms with Gasteiger partial charge in [0.25, 0.3) is 0 Å². The molecule has 0 aromatic heterocycles. The van der Waals surface area contributed by atoms with Crippen molar-refractivity contribution in [3.05, 3.63) is 65.7 Å². The molecule has 0 heterocycles. The van der Waals surface area contributed by atoms with Crippen LogP contribution in [0.3, 0.4) is 0 Å². The number of ether oxygens (including phenoxy) is 2. The minimum atomic E-state index is -2.26. The Hall–Kier alpha value is -1.00. The summed E-state index contributed by atoms with van der Waals surface area (Å²) in [7, 11) is 1.70. The Morgan fingerprint density at radius 1 is 0.864 bits per heavy atom. The first kappa shape index (κ1) is 17.4. The van der Waals surface area contributed by atoms with Crippen molar-refractivity contribution in [2.45, 2.75) is 18.8 Å². The van der Waals surface area contributed by atoms with E-state index in [2.05, 4.69) is 63.3 Å². The molecular formula is C19H26O2Sn. The summed E-state index contributed by atoms with van der Waals surface area (Å²) < 4.78 is 11.6. The van der Waals surface area contributed by atoms with Gasteiger partial charge in [-0.2, -0.15) is 0 Å². The van der Waals surface area contributed by atoms with E-state index in [0.717, 1.165) is 5.75 Å². The molecule has 118 valence electrons. The van der Waals surface area contributed by atoms with E-state index >= 15 is 0 Å². The Kier molecular flexibility index (Phi) is 6.33. The van der Waals surface area contributed by atoms with Gasteiger partial charge in [-0.1, -0.05) is 0 Å². The van der Waals surface area contributed by atoms with Crippen LogP contribution in [-0.2, 0) is 4.74 Å². The summed E-state index contributed by atoms with van der Waals surface area (Å²) in [6.07, 6.45) is 0. The van der Waals surface area contributed by atoms with Gasteiger partial charge in [0.05, 0.1) is 0 Å².